The van der Waals surface area contributed by atoms with E-state index in [2.05, 4.69) is 34.4 Å². The zero-order valence-corrected chi connectivity index (χ0v) is 13.9. The molecule has 0 spiro atoms. The maximum absolute atomic E-state index is 5.39. The lowest BCUT2D eigenvalue weighted by Gasteiger charge is -2.14. The highest BCUT2D eigenvalue weighted by atomic mass is 16.5. The molecule has 118 valence electrons. The van der Waals surface area contributed by atoms with Gasteiger partial charge in [-0.1, -0.05) is 19.9 Å². The summed E-state index contributed by atoms with van der Waals surface area (Å²) in [6, 6.07) is 7.92. The smallest absolute Gasteiger partial charge is 0.142 e. The molecule has 0 fully saturated rings. The molecule has 0 aliphatic heterocycles. The number of aromatic nitrogens is 2. The van der Waals surface area contributed by atoms with Crippen LogP contribution in [0.25, 0.3) is 0 Å². The normalized spacial score (nSPS) is 10.6. The minimum absolute atomic E-state index is 0.559. The van der Waals surface area contributed by atoms with Crippen LogP contribution in [0.1, 0.15) is 25.2 Å². The lowest BCUT2D eigenvalue weighted by Crippen LogP contribution is -2.10. The fourth-order valence-electron chi connectivity index (χ4n) is 2.09. The molecule has 5 nitrogen and oxygen atoms in total. The summed E-state index contributed by atoms with van der Waals surface area (Å²) in [6.45, 7) is 9.14. The second-order valence-electron chi connectivity index (χ2n) is 5.79. The average Bonchev–Trinajstić information content (AvgIpc) is 2.45. The third-order valence-electron chi connectivity index (χ3n) is 3.15. The Labute approximate surface area is 132 Å². The van der Waals surface area contributed by atoms with E-state index in [0.29, 0.717) is 5.92 Å². The van der Waals surface area contributed by atoms with Gasteiger partial charge in [0.2, 0.25) is 0 Å². The van der Waals surface area contributed by atoms with Crippen molar-refractivity contribution in [3.63, 3.8) is 0 Å². The summed E-state index contributed by atoms with van der Waals surface area (Å²) < 4.78 is 5.39. The number of rotatable bonds is 6. The number of benzene rings is 1. The number of hydrogen-bond acceptors (Lipinski definition) is 5. The minimum atomic E-state index is 0.559. The van der Waals surface area contributed by atoms with Gasteiger partial charge >= 0.3 is 0 Å². The number of anilines is 3. The molecule has 2 rings (SSSR count). The molecule has 0 saturated heterocycles. The highest BCUT2D eigenvalue weighted by Gasteiger charge is 2.07. The largest absolute Gasteiger partial charge is 0.495 e. The molecule has 0 radical (unpaired) electrons. The second kappa shape index (κ2) is 7.11. The number of nitrogens with zero attached hydrogens (tertiary/aromatic N) is 2. The molecule has 0 atom stereocenters. The van der Waals surface area contributed by atoms with Crippen molar-refractivity contribution >= 4 is 17.3 Å². The van der Waals surface area contributed by atoms with Crippen molar-refractivity contribution < 1.29 is 4.74 Å². The minimum Gasteiger partial charge on any atom is -0.495 e. The quantitative estimate of drug-likeness (QED) is 0.847. The van der Waals surface area contributed by atoms with Gasteiger partial charge in [-0.2, -0.15) is 0 Å². The summed E-state index contributed by atoms with van der Waals surface area (Å²) in [5.41, 5.74) is 2.06. The van der Waals surface area contributed by atoms with E-state index < -0.39 is 0 Å². The summed E-state index contributed by atoms with van der Waals surface area (Å²) >= 11 is 0. The van der Waals surface area contributed by atoms with E-state index in [1.807, 2.05) is 38.1 Å². The van der Waals surface area contributed by atoms with E-state index in [0.717, 1.165) is 41.0 Å². The molecule has 22 heavy (non-hydrogen) atoms. The second-order valence-corrected chi connectivity index (χ2v) is 5.79. The topological polar surface area (TPSA) is 59.1 Å². The van der Waals surface area contributed by atoms with Crippen LogP contribution in [0.4, 0.5) is 17.3 Å². The van der Waals surface area contributed by atoms with E-state index in [1.54, 1.807) is 7.11 Å². The van der Waals surface area contributed by atoms with Crippen molar-refractivity contribution in [2.45, 2.75) is 27.7 Å². The SMILES string of the molecule is COc1ccc(C)cc1Nc1cc(NCC(C)C)nc(C)n1. The maximum atomic E-state index is 5.39. The zero-order chi connectivity index (χ0) is 16.1. The standard InChI is InChI=1S/C17H24N4O/c1-11(2)10-18-16-9-17(20-13(4)19-16)21-14-8-12(3)6-7-15(14)22-5/h6-9,11H,10H2,1-5H3,(H2,18,19,20,21). The van der Waals surface area contributed by atoms with Crippen LogP contribution in [0, 0.1) is 19.8 Å². The van der Waals surface area contributed by atoms with Crippen molar-refractivity contribution in [2.24, 2.45) is 5.92 Å². The lowest BCUT2D eigenvalue weighted by molar-refractivity contribution is 0.416. The molecular formula is C17H24N4O. The van der Waals surface area contributed by atoms with Crippen LogP contribution >= 0.6 is 0 Å². The van der Waals surface area contributed by atoms with E-state index in [-0.39, 0.29) is 0 Å². The Balaban J connectivity index is 2.24. The molecule has 5 heteroatoms. The fourth-order valence-corrected chi connectivity index (χ4v) is 2.09. The molecule has 2 aromatic rings. The number of methoxy groups -OCH3 is 1. The van der Waals surface area contributed by atoms with Gasteiger partial charge in [0.25, 0.3) is 0 Å². The fraction of sp³-hybridized carbons (Fsp3) is 0.412. The van der Waals surface area contributed by atoms with Crippen LogP contribution in [0.2, 0.25) is 0 Å². The van der Waals surface area contributed by atoms with Crippen molar-refractivity contribution in [3.8, 4) is 5.75 Å². The maximum Gasteiger partial charge on any atom is 0.142 e. The first-order chi connectivity index (χ1) is 10.5. The van der Waals surface area contributed by atoms with E-state index in [4.69, 9.17) is 4.74 Å². The first-order valence-corrected chi connectivity index (χ1v) is 7.49. The molecule has 1 aromatic carbocycles. The molecule has 0 bridgehead atoms. The summed E-state index contributed by atoms with van der Waals surface area (Å²) in [5.74, 6) is 3.66. The highest BCUT2D eigenvalue weighted by molar-refractivity contribution is 5.66. The molecule has 1 heterocycles. The van der Waals surface area contributed by atoms with E-state index in [9.17, 15) is 0 Å². The van der Waals surface area contributed by atoms with Gasteiger partial charge in [-0.15, -0.1) is 0 Å². The molecule has 2 N–H and O–H groups in total. The van der Waals surface area contributed by atoms with Gasteiger partial charge in [0.15, 0.2) is 0 Å². The highest BCUT2D eigenvalue weighted by Crippen LogP contribution is 2.28. The number of nitrogens with one attached hydrogen (secondary N) is 2. The van der Waals surface area contributed by atoms with Gasteiger partial charge < -0.3 is 15.4 Å². The van der Waals surface area contributed by atoms with Gasteiger partial charge in [0.1, 0.15) is 23.2 Å². The van der Waals surface area contributed by atoms with Crippen molar-refractivity contribution in [2.75, 3.05) is 24.3 Å². The number of ether oxygens (including phenoxy) is 1. The van der Waals surface area contributed by atoms with Crippen molar-refractivity contribution in [1.82, 2.24) is 9.97 Å². The average molecular weight is 300 g/mol. The Kier molecular flexibility index (Phi) is 5.20. The third-order valence-corrected chi connectivity index (χ3v) is 3.15. The predicted octanol–water partition coefficient (Wildman–Crippen LogP) is 3.91. The van der Waals surface area contributed by atoms with Gasteiger partial charge in [-0.05, 0) is 37.5 Å². The van der Waals surface area contributed by atoms with Crippen LogP contribution in [0.3, 0.4) is 0 Å². The Morgan fingerprint density at radius 1 is 1.09 bits per heavy atom. The van der Waals surface area contributed by atoms with E-state index in [1.165, 1.54) is 0 Å². The van der Waals surface area contributed by atoms with Gasteiger partial charge in [-0.3, -0.25) is 0 Å². The van der Waals surface area contributed by atoms with Crippen molar-refractivity contribution in [1.29, 1.82) is 0 Å². The van der Waals surface area contributed by atoms with Gasteiger partial charge in [0.05, 0.1) is 12.8 Å². The van der Waals surface area contributed by atoms with Crippen molar-refractivity contribution in [3.05, 3.63) is 35.7 Å². The molecule has 1 aromatic heterocycles. The molecule has 0 saturated carbocycles. The van der Waals surface area contributed by atoms with Crippen LogP contribution in [0.5, 0.6) is 5.75 Å². The number of aryl methyl sites for hydroxylation is 2. The zero-order valence-electron chi connectivity index (χ0n) is 13.9. The molecule has 0 aliphatic carbocycles. The predicted molar refractivity (Wildman–Crippen MR) is 91.1 cm³/mol. The summed E-state index contributed by atoms with van der Waals surface area (Å²) in [5, 5.41) is 6.65. The van der Waals surface area contributed by atoms with E-state index >= 15 is 0 Å². The summed E-state index contributed by atoms with van der Waals surface area (Å²) in [7, 11) is 1.66. The first kappa shape index (κ1) is 16.1. The summed E-state index contributed by atoms with van der Waals surface area (Å²) in [4.78, 5) is 8.86. The van der Waals surface area contributed by atoms with Crippen LogP contribution in [-0.2, 0) is 0 Å². The Hall–Kier alpha value is -2.30. The molecule has 0 aliphatic rings. The Bertz CT molecular complexity index is 641. The molecular weight excluding hydrogens is 276 g/mol. The van der Waals surface area contributed by atoms with Crippen LogP contribution in [0.15, 0.2) is 24.3 Å². The lowest BCUT2D eigenvalue weighted by atomic mass is 10.2. The third kappa shape index (κ3) is 4.35. The van der Waals surface area contributed by atoms with Gasteiger partial charge in [0, 0.05) is 12.6 Å². The molecule has 0 unspecified atom stereocenters. The summed E-state index contributed by atoms with van der Waals surface area (Å²) in [6.07, 6.45) is 0. The Morgan fingerprint density at radius 2 is 1.82 bits per heavy atom. The molecule has 0 amide bonds. The van der Waals surface area contributed by atoms with Gasteiger partial charge in [-0.25, -0.2) is 9.97 Å². The number of hydrogen-bond donors (Lipinski definition) is 2. The van der Waals surface area contributed by atoms with Crippen LogP contribution in [-0.4, -0.2) is 23.6 Å². The first-order valence-electron chi connectivity index (χ1n) is 7.49. The van der Waals surface area contributed by atoms with Crippen LogP contribution < -0.4 is 15.4 Å². The monoisotopic (exact) mass is 300 g/mol. The Morgan fingerprint density at radius 3 is 2.50 bits per heavy atom.